The fraction of sp³-hybridized carbons (Fsp3) is 0.294. The molecule has 0 saturated heterocycles. The number of ether oxygens (including phenoxy) is 2. The van der Waals surface area contributed by atoms with Gasteiger partial charge in [-0.25, -0.2) is 0 Å². The Labute approximate surface area is 139 Å². The van der Waals surface area contributed by atoms with Crippen LogP contribution >= 0.6 is 0 Å². The Morgan fingerprint density at radius 2 is 1.83 bits per heavy atom. The van der Waals surface area contributed by atoms with Crippen molar-refractivity contribution < 1.29 is 23.5 Å². The maximum atomic E-state index is 12.1. The first-order chi connectivity index (χ1) is 11.7. The molecule has 0 unspecified atom stereocenters. The van der Waals surface area contributed by atoms with Gasteiger partial charge in [-0.15, -0.1) is 0 Å². The number of hydrogen-bond donors (Lipinski definition) is 2. The number of methoxy groups -OCH3 is 1. The predicted octanol–water partition coefficient (Wildman–Crippen LogP) is 1.85. The van der Waals surface area contributed by atoms with E-state index < -0.39 is 0 Å². The summed E-state index contributed by atoms with van der Waals surface area (Å²) in [6.45, 7) is 2.91. The fourth-order valence-electron chi connectivity index (χ4n) is 2.04. The monoisotopic (exact) mass is 332 g/mol. The van der Waals surface area contributed by atoms with E-state index in [1.54, 1.807) is 37.4 Å². The van der Waals surface area contributed by atoms with Crippen molar-refractivity contribution in [2.45, 2.75) is 6.92 Å². The highest BCUT2D eigenvalue weighted by Gasteiger charge is 2.11. The minimum atomic E-state index is -0.322. The Kier molecular flexibility index (Phi) is 6.24. The number of amides is 2. The van der Waals surface area contributed by atoms with Gasteiger partial charge in [0, 0.05) is 18.7 Å². The minimum absolute atomic E-state index is 0.234. The van der Waals surface area contributed by atoms with Crippen molar-refractivity contribution in [2.24, 2.45) is 0 Å². The molecular formula is C17H20N2O5. The molecule has 0 atom stereocenters. The molecule has 2 rings (SSSR count). The van der Waals surface area contributed by atoms with Gasteiger partial charge in [-0.1, -0.05) is 0 Å². The van der Waals surface area contributed by atoms with Crippen molar-refractivity contribution in [1.29, 1.82) is 0 Å². The van der Waals surface area contributed by atoms with Crippen molar-refractivity contribution in [3.8, 4) is 11.5 Å². The molecule has 1 aromatic carbocycles. The highest BCUT2D eigenvalue weighted by atomic mass is 16.5. The van der Waals surface area contributed by atoms with Crippen LogP contribution in [0, 0.1) is 0 Å². The quantitative estimate of drug-likeness (QED) is 0.720. The van der Waals surface area contributed by atoms with E-state index in [1.807, 2.05) is 6.92 Å². The van der Waals surface area contributed by atoms with Crippen LogP contribution in [0.2, 0.25) is 0 Å². The van der Waals surface area contributed by atoms with Crippen LogP contribution in [-0.2, 0) is 0 Å². The summed E-state index contributed by atoms with van der Waals surface area (Å²) in [6.07, 6.45) is 1.43. The molecule has 0 radical (unpaired) electrons. The van der Waals surface area contributed by atoms with Gasteiger partial charge in [0.05, 0.1) is 20.0 Å². The van der Waals surface area contributed by atoms with Crippen LogP contribution < -0.4 is 20.1 Å². The minimum Gasteiger partial charge on any atom is -0.493 e. The zero-order chi connectivity index (χ0) is 17.4. The third kappa shape index (κ3) is 4.52. The van der Waals surface area contributed by atoms with E-state index in [0.29, 0.717) is 36.8 Å². The number of hydrogen-bond acceptors (Lipinski definition) is 5. The average molecular weight is 332 g/mol. The lowest BCUT2D eigenvalue weighted by Gasteiger charge is -2.11. The normalized spacial score (nSPS) is 10.1. The van der Waals surface area contributed by atoms with Gasteiger partial charge in [0.1, 0.15) is 0 Å². The van der Waals surface area contributed by atoms with Gasteiger partial charge in [0.2, 0.25) is 0 Å². The van der Waals surface area contributed by atoms with E-state index in [-0.39, 0.29) is 17.6 Å². The number of furan rings is 1. The molecule has 0 bridgehead atoms. The standard InChI is InChI=1S/C17H20N2O5/c1-3-23-15-11-12(6-7-13(15)22-2)16(20)18-8-9-19-17(21)14-5-4-10-24-14/h4-7,10-11H,3,8-9H2,1-2H3,(H,18,20)(H,19,21). The second-order valence-electron chi connectivity index (χ2n) is 4.79. The maximum Gasteiger partial charge on any atom is 0.287 e. The summed E-state index contributed by atoms with van der Waals surface area (Å²) in [7, 11) is 1.54. The summed E-state index contributed by atoms with van der Waals surface area (Å²) in [5, 5.41) is 5.38. The lowest BCUT2D eigenvalue weighted by Crippen LogP contribution is -2.34. The zero-order valence-electron chi connectivity index (χ0n) is 13.6. The highest BCUT2D eigenvalue weighted by Crippen LogP contribution is 2.27. The molecule has 1 heterocycles. The van der Waals surface area contributed by atoms with Crippen molar-refractivity contribution in [2.75, 3.05) is 26.8 Å². The highest BCUT2D eigenvalue weighted by molar-refractivity contribution is 5.95. The van der Waals surface area contributed by atoms with Crippen molar-refractivity contribution in [3.63, 3.8) is 0 Å². The Morgan fingerprint density at radius 3 is 2.46 bits per heavy atom. The third-order valence-corrected chi connectivity index (χ3v) is 3.17. The molecule has 2 amide bonds. The Balaban J connectivity index is 1.84. The van der Waals surface area contributed by atoms with Crippen molar-refractivity contribution in [1.82, 2.24) is 10.6 Å². The summed E-state index contributed by atoms with van der Waals surface area (Å²) < 4.78 is 15.6. The van der Waals surface area contributed by atoms with E-state index in [1.165, 1.54) is 6.26 Å². The summed E-state index contributed by atoms with van der Waals surface area (Å²) in [6, 6.07) is 8.16. The molecule has 0 aliphatic rings. The van der Waals surface area contributed by atoms with E-state index in [2.05, 4.69) is 10.6 Å². The number of carbonyl (C=O) groups is 2. The van der Waals surface area contributed by atoms with Crippen LogP contribution in [0.3, 0.4) is 0 Å². The molecule has 128 valence electrons. The summed E-state index contributed by atoms with van der Waals surface area (Å²) in [4.78, 5) is 23.8. The molecule has 7 nitrogen and oxygen atoms in total. The molecule has 7 heteroatoms. The van der Waals surface area contributed by atoms with Gasteiger partial charge >= 0.3 is 0 Å². The fourth-order valence-corrected chi connectivity index (χ4v) is 2.04. The van der Waals surface area contributed by atoms with Crippen LogP contribution in [0.4, 0.5) is 0 Å². The number of carbonyl (C=O) groups excluding carboxylic acids is 2. The molecule has 1 aromatic heterocycles. The molecule has 0 fully saturated rings. The third-order valence-electron chi connectivity index (χ3n) is 3.17. The zero-order valence-corrected chi connectivity index (χ0v) is 13.6. The van der Waals surface area contributed by atoms with Crippen LogP contribution in [0.25, 0.3) is 0 Å². The SMILES string of the molecule is CCOc1cc(C(=O)NCCNC(=O)c2ccco2)ccc1OC. The van der Waals surface area contributed by atoms with Gasteiger partial charge < -0.3 is 24.5 Å². The van der Waals surface area contributed by atoms with Gasteiger partial charge in [0.25, 0.3) is 11.8 Å². The molecule has 0 saturated carbocycles. The second-order valence-corrected chi connectivity index (χ2v) is 4.79. The molecule has 0 spiro atoms. The number of benzene rings is 1. The Bertz CT molecular complexity index is 682. The molecule has 24 heavy (non-hydrogen) atoms. The van der Waals surface area contributed by atoms with Gasteiger partial charge in [0.15, 0.2) is 17.3 Å². The molecule has 2 N–H and O–H groups in total. The number of nitrogens with one attached hydrogen (secondary N) is 2. The van der Waals surface area contributed by atoms with Crippen LogP contribution in [0.15, 0.2) is 41.0 Å². The summed E-state index contributed by atoms with van der Waals surface area (Å²) in [5.74, 6) is 0.735. The van der Waals surface area contributed by atoms with Crippen molar-refractivity contribution in [3.05, 3.63) is 47.9 Å². The maximum absolute atomic E-state index is 12.1. The lowest BCUT2D eigenvalue weighted by atomic mass is 10.2. The average Bonchev–Trinajstić information content (AvgIpc) is 3.13. The molecular weight excluding hydrogens is 312 g/mol. The summed E-state index contributed by atoms with van der Waals surface area (Å²) in [5.41, 5.74) is 0.455. The molecule has 0 aliphatic carbocycles. The van der Waals surface area contributed by atoms with Crippen LogP contribution in [0.5, 0.6) is 11.5 Å². The predicted molar refractivity (Wildman–Crippen MR) is 87.5 cm³/mol. The molecule has 0 aliphatic heterocycles. The number of rotatable bonds is 8. The van der Waals surface area contributed by atoms with Gasteiger partial charge in [-0.3, -0.25) is 9.59 Å². The largest absolute Gasteiger partial charge is 0.493 e. The summed E-state index contributed by atoms with van der Waals surface area (Å²) >= 11 is 0. The van der Waals surface area contributed by atoms with Gasteiger partial charge in [-0.2, -0.15) is 0 Å². The lowest BCUT2D eigenvalue weighted by molar-refractivity contribution is 0.0910. The van der Waals surface area contributed by atoms with Gasteiger partial charge in [-0.05, 0) is 37.3 Å². The smallest absolute Gasteiger partial charge is 0.287 e. The topological polar surface area (TPSA) is 89.8 Å². The van der Waals surface area contributed by atoms with E-state index >= 15 is 0 Å². The first-order valence-electron chi connectivity index (χ1n) is 7.56. The Hall–Kier alpha value is -2.96. The van der Waals surface area contributed by atoms with E-state index in [0.717, 1.165) is 0 Å². The second kappa shape index (κ2) is 8.61. The molecule has 2 aromatic rings. The first kappa shape index (κ1) is 17.4. The van der Waals surface area contributed by atoms with Crippen molar-refractivity contribution >= 4 is 11.8 Å². The van der Waals surface area contributed by atoms with Crippen LogP contribution in [0.1, 0.15) is 27.8 Å². The van der Waals surface area contributed by atoms with E-state index in [9.17, 15) is 9.59 Å². The van der Waals surface area contributed by atoms with E-state index in [4.69, 9.17) is 13.9 Å². The van der Waals surface area contributed by atoms with Crippen LogP contribution in [-0.4, -0.2) is 38.6 Å². The Morgan fingerprint density at radius 1 is 1.08 bits per heavy atom. The first-order valence-corrected chi connectivity index (χ1v) is 7.56.